The van der Waals surface area contributed by atoms with Gasteiger partial charge in [0.15, 0.2) is 5.82 Å². The number of urea groups is 1. The third kappa shape index (κ3) is 4.86. The lowest BCUT2D eigenvalue weighted by Crippen LogP contribution is -2.50. The van der Waals surface area contributed by atoms with Crippen molar-refractivity contribution in [2.75, 3.05) is 50.6 Å². The molecule has 0 bridgehead atoms. The Morgan fingerprint density at radius 1 is 0.938 bits per heavy atom. The summed E-state index contributed by atoms with van der Waals surface area (Å²) in [6, 6.07) is 16.3. The molecular weight excluding hydrogens is 430 g/mol. The average Bonchev–Trinajstić information content (AvgIpc) is 2.85. The fraction of sp³-hybridized carbons (Fsp3) is 0.261. The monoisotopic (exact) mass is 453 g/mol. The zero-order chi connectivity index (χ0) is 22.5. The highest BCUT2D eigenvalue weighted by Gasteiger charge is 2.22. The minimum Gasteiger partial charge on any atom is -0.497 e. The smallest absolute Gasteiger partial charge is 0.321 e. The highest BCUT2D eigenvalue weighted by atomic mass is 35.5. The van der Waals surface area contributed by atoms with Crippen molar-refractivity contribution in [3.05, 3.63) is 59.6 Å². The highest BCUT2D eigenvalue weighted by molar-refractivity contribution is 6.30. The Morgan fingerprint density at radius 3 is 2.31 bits per heavy atom. The first-order valence-electron chi connectivity index (χ1n) is 10.2. The highest BCUT2D eigenvalue weighted by Crippen LogP contribution is 2.32. The van der Waals surface area contributed by atoms with Gasteiger partial charge in [-0.05, 0) is 54.6 Å². The maximum Gasteiger partial charge on any atom is 0.321 e. The molecule has 1 saturated heterocycles. The van der Waals surface area contributed by atoms with Gasteiger partial charge in [0.2, 0.25) is 0 Å². The molecule has 4 rings (SSSR count). The number of anilines is 2. The molecule has 1 aliphatic heterocycles. The third-order valence-corrected chi connectivity index (χ3v) is 5.57. The molecule has 0 unspecified atom stereocenters. The van der Waals surface area contributed by atoms with Crippen molar-refractivity contribution in [2.45, 2.75) is 0 Å². The average molecular weight is 454 g/mol. The molecule has 2 aromatic carbocycles. The first-order valence-corrected chi connectivity index (χ1v) is 10.6. The van der Waals surface area contributed by atoms with Gasteiger partial charge >= 0.3 is 6.03 Å². The van der Waals surface area contributed by atoms with Crippen LogP contribution in [0.15, 0.2) is 54.6 Å². The number of amides is 2. The zero-order valence-corrected chi connectivity index (χ0v) is 18.7. The number of aromatic nitrogens is 2. The van der Waals surface area contributed by atoms with Crippen molar-refractivity contribution >= 4 is 29.1 Å². The van der Waals surface area contributed by atoms with Crippen molar-refractivity contribution in [3.63, 3.8) is 0 Å². The zero-order valence-electron chi connectivity index (χ0n) is 17.9. The number of methoxy groups -OCH3 is 2. The molecule has 0 atom stereocenters. The predicted molar refractivity (Wildman–Crippen MR) is 125 cm³/mol. The maximum absolute atomic E-state index is 12.5. The second-order valence-corrected chi connectivity index (χ2v) is 7.69. The second-order valence-electron chi connectivity index (χ2n) is 7.25. The molecular formula is C23H24ClN5O3. The van der Waals surface area contributed by atoms with E-state index in [1.54, 1.807) is 43.4 Å². The summed E-state index contributed by atoms with van der Waals surface area (Å²) in [4.78, 5) is 16.4. The van der Waals surface area contributed by atoms with E-state index in [1.165, 1.54) is 0 Å². The fourth-order valence-electron chi connectivity index (χ4n) is 3.53. The van der Waals surface area contributed by atoms with Gasteiger partial charge in [-0.2, -0.15) is 0 Å². The maximum atomic E-state index is 12.5. The topological polar surface area (TPSA) is 79.8 Å². The van der Waals surface area contributed by atoms with Gasteiger partial charge in [0.25, 0.3) is 0 Å². The number of hydrogen-bond acceptors (Lipinski definition) is 6. The molecule has 2 heterocycles. The van der Waals surface area contributed by atoms with Crippen LogP contribution in [0.5, 0.6) is 11.5 Å². The quantitative estimate of drug-likeness (QED) is 0.624. The van der Waals surface area contributed by atoms with Crippen LogP contribution < -0.4 is 19.7 Å². The molecule has 0 radical (unpaired) electrons. The van der Waals surface area contributed by atoms with Crippen molar-refractivity contribution in [2.24, 2.45) is 0 Å². The lowest BCUT2D eigenvalue weighted by molar-refractivity contribution is 0.208. The molecule has 9 heteroatoms. The van der Waals surface area contributed by atoms with E-state index in [9.17, 15) is 4.79 Å². The van der Waals surface area contributed by atoms with Gasteiger partial charge in [-0.1, -0.05) is 11.6 Å². The number of carbonyl (C=O) groups is 1. The number of benzene rings is 2. The van der Waals surface area contributed by atoms with Crippen LogP contribution in [0.3, 0.4) is 0 Å². The Balaban J connectivity index is 1.38. The normalized spacial score (nSPS) is 13.6. The summed E-state index contributed by atoms with van der Waals surface area (Å²) in [5.41, 5.74) is 2.23. The molecule has 166 valence electrons. The van der Waals surface area contributed by atoms with Crippen molar-refractivity contribution in [1.29, 1.82) is 0 Å². The van der Waals surface area contributed by atoms with E-state index in [1.807, 2.05) is 30.3 Å². The molecule has 1 aromatic heterocycles. The molecule has 3 aromatic rings. The first kappa shape index (κ1) is 21.7. The van der Waals surface area contributed by atoms with E-state index >= 15 is 0 Å². The van der Waals surface area contributed by atoms with Crippen LogP contribution in [0.25, 0.3) is 11.3 Å². The van der Waals surface area contributed by atoms with Crippen LogP contribution in [0.1, 0.15) is 0 Å². The number of ether oxygens (including phenoxy) is 2. The molecule has 8 nitrogen and oxygen atoms in total. The van der Waals surface area contributed by atoms with Crippen LogP contribution in [0, 0.1) is 0 Å². The number of carbonyl (C=O) groups excluding carboxylic acids is 1. The molecule has 32 heavy (non-hydrogen) atoms. The van der Waals surface area contributed by atoms with E-state index in [0.29, 0.717) is 42.6 Å². The van der Waals surface area contributed by atoms with Gasteiger partial charge in [-0.15, -0.1) is 10.2 Å². The lowest BCUT2D eigenvalue weighted by Gasteiger charge is -2.35. The minimum atomic E-state index is -0.126. The third-order valence-electron chi connectivity index (χ3n) is 5.32. The summed E-state index contributed by atoms with van der Waals surface area (Å²) in [6.45, 7) is 2.52. The Labute approximate surface area is 191 Å². The van der Waals surface area contributed by atoms with E-state index in [-0.39, 0.29) is 6.03 Å². The Morgan fingerprint density at radius 2 is 1.69 bits per heavy atom. The van der Waals surface area contributed by atoms with Crippen molar-refractivity contribution < 1.29 is 14.3 Å². The summed E-state index contributed by atoms with van der Waals surface area (Å²) >= 11 is 5.89. The molecule has 1 fully saturated rings. The van der Waals surface area contributed by atoms with E-state index < -0.39 is 0 Å². The van der Waals surface area contributed by atoms with E-state index in [4.69, 9.17) is 21.1 Å². The number of rotatable bonds is 5. The standard InChI is InChI=1S/C23H24ClN5O3/c1-31-18-7-9-21(32-2)19(15-18)20-8-10-22(27-26-20)28-11-13-29(14-12-28)23(30)25-17-5-3-16(24)4-6-17/h3-10,15H,11-14H2,1-2H3,(H,25,30). The van der Waals surface area contributed by atoms with E-state index in [2.05, 4.69) is 20.4 Å². The van der Waals surface area contributed by atoms with Crippen LogP contribution >= 0.6 is 11.6 Å². The van der Waals surface area contributed by atoms with Gasteiger partial charge in [0.1, 0.15) is 11.5 Å². The van der Waals surface area contributed by atoms with Gasteiger partial charge < -0.3 is 24.6 Å². The summed E-state index contributed by atoms with van der Waals surface area (Å²) in [5.74, 6) is 2.20. The molecule has 1 N–H and O–H groups in total. The first-order chi connectivity index (χ1) is 15.6. The van der Waals surface area contributed by atoms with Crippen LogP contribution in [0.2, 0.25) is 5.02 Å². The molecule has 0 aliphatic carbocycles. The number of nitrogens with one attached hydrogen (secondary N) is 1. The Kier molecular flexibility index (Phi) is 6.61. The van der Waals surface area contributed by atoms with Crippen molar-refractivity contribution in [3.8, 4) is 22.8 Å². The minimum absolute atomic E-state index is 0.126. The van der Waals surface area contributed by atoms with Crippen LogP contribution in [-0.2, 0) is 0 Å². The van der Waals surface area contributed by atoms with E-state index in [0.717, 1.165) is 22.8 Å². The fourth-order valence-corrected chi connectivity index (χ4v) is 3.65. The second kappa shape index (κ2) is 9.74. The van der Waals surface area contributed by atoms with Gasteiger partial charge in [0, 0.05) is 42.5 Å². The summed E-state index contributed by atoms with van der Waals surface area (Å²) in [7, 11) is 3.24. The summed E-state index contributed by atoms with van der Waals surface area (Å²) in [6.07, 6.45) is 0. The molecule has 2 amide bonds. The largest absolute Gasteiger partial charge is 0.497 e. The lowest BCUT2D eigenvalue weighted by atomic mass is 10.1. The number of nitrogens with zero attached hydrogens (tertiary/aromatic N) is 4. The van der Waals surface area contributed by atoms with Crippen LogP contribution in [-0.4, -0.2) is 61.5 Å². The van der Waals surface area contributed by atoms with Gasteiger partial charge in [0.05, 0.1) is 19.9 Å². The number of piperazine rings is 1. The van der Waals surface area contributed by atoms with Gasteiger partial charge in [-0.3, -0.25) is 0 Å². The molecule has 1 aliphatic rings. The number of hydrogen-bond donors (Lipinski definition) is 1. The summed E-state index contributed by atoms with van der Waals surface area (Å²) in [5, 5.41) is 12.3. The Bertz CT molecular complexity index is 1070. The summed E-state index contributed by atoms with van der Waals surface area (Å²) < 4.78 is 10.8. The SMILES string of the molecule is COc1ccc(OC)c(-c2ccc(N3CCN(C(=O)Nc4ccc(Cl)cc4)CC3)nn2)c1. The molecule has 0 saturated carbocycles. The van der Waals surface area contributed by atoms with Crippen molar-refractivity contribution in [1.82, 2.24) is 15.1 Å². The number of halogens is 1. The predicted octanol–water partition coefficient (Wildman–Crippen LogP) is 4.17. The Hall–Kier alpha value is -3.52. The molecule has 0 spiro atoms. The van der Waals surface area contributed by atoms with Gasteiger partial charge in [-0.25, -0.2) is 4.79 Å². The van der Waals surface area contributed by atoms with Crippen LogP contribution in [0.4, 0.5) is 16.3 Å².